The second-order valence-electron chi connectivity index (χ2n) is 5.52. The Kier molecular flexibility index (Phi) is 5.21. The largest absolute Gasteiger partial charge is 0.411 e. The number of ether oxygens (including phenoxy) is 1. The molecule has 0 aliphatic heterocycles. The normalized spacial score (nSPS) is 19.4. The van der Waals surface area contributed by atoms with Gasteiger partial charge < -0.3 is 15.0 Å². The molecule has 21 heavy (non-hydrogen) atoms. The van der Waals surface area contributed by atoms with Crippen molar-refractivity contribution in [2.75, 3.05) is 13.2 Å². The number of hydrogen-bond donors (Lipinski definition) is 1. The Morgan fingerprint density at radius 2 is 1.86 bits per heavy atom. The lowest BCUT2D eigenvalue weighted by Crippen LogP contribution is -2.35. The molecule has 1 aliphatic rings. The van der Waals surface area contributed by atoms with Gasteiger partial charge in [0.1, 0.15) is 13.2 Å². The highest BCUT2D eigenvalue weighted by molar-refractivity contribution is 5.07. The molecule has 2 N–H and O–H groups in total. The predicted molar refractivity (Wildman–Crippen MR) is 68.4 cm³/mol. The van der Waals surface area contributed by atoms with E-state index < -0.39 is 12.8 Å². The van der Waals surface area contributed by atoms with Gasteiger partial charge in [-0.3, -0.25) is 0 Å². The highest BCUT2D eigenvalue weighted by Gasteiger charge is 2.37. The summed E-state index contributed by atoms with van der Waals surface area (Å²) in [5.41, 5.74) is 5.56. The van der Waals surface area contributed by atoms with Crippen LogP contribution in [0.2, 0.25) is 0 Å². The van der Waals surface area contributed by atoms with Crippen molar-refractivity contribution in [2.24, 2.45) is 5.73 Å². The topological polar surface area (TPSA) is 74.2 Å². The first-order valence-electron chi connectivity index (χ1n) is 7.13. The van der Waals surface area contributed by atoms with E-state index in [-0.39, 0.29) is 17.8 Å². The molecule has 1 aromatic rings. The lowest BCUT2D eigenvalue weighted by atomic mass is 9.80. The van der Waals surface area contributed by atoms with E-state index in [4.69, 9.17) is 10.3 Å². The quantitative estimate of drug-likeness (QED) is 0.847. The van der Waals surface area contributed by atoms with Crippen LogP contribution >= 0.6 is 0 Å². The molecule has 1 aliphatic carbocycles. The molecule has 0 amide bonds. The van der Waals surface area contributed by atoms with Gasteiger partial charge in [-0.2, -0.15) is 18.2 Å². The molecule has 2 rings (SSSR count). The van der Waals surface area contributed by atoms with Crippen LogP contribution in [-0.4, -0.2) is 29.5 Å². The zero-order valence-corrected chi connectivity index (χ0v) is 11.8. The van der Waals surface area contributed by atoms with Crippen LogP contribution in [0.3, 0.4) is 0 Å². The average molecular weight is 307 g/mol. The van der Waals surface area contributed by atoms with Crippen molar-refractivity contribution in [2.45, 2.75) is 56.7 Å². The fourth-order valence-electron chi connectivity index (χ4n) is 2.70. The van der Waals surface area contributed by atoms with Crippen molar-refractivity contribution in [1.29, 1.82) is 0 Å². The third kappa shape index (κ3) is 4.41. The van der Waals surface area contributed by atoms with E-state index in [1.54, 1.807) is 0 Å². The van der Waals surface area contributed by atoms with Gasteiger partial charge in [0.15, 0.2) is 5.82 Å². The molecule has 0 unspecified atom stereocenters. The molecular formula is C13H20F3N3O2. The summed E-state index contributed by atoms with van der Waals surface area (Å²) >= 11 is 0. The van der Waals surface area contributed by atoms with Crippen molar-refractivity contribution in [3.05, 3.63) is 11.7 Å². The Balaban J connectivity index is 2.00. The van der Waals surface area contributed by atoms with Crippen LogP contribution in [0.5, 0.6) is 0 Å². The fraction of sp³-hybridized carbons (Fsp3) is 0.846. The monoisotopic (exact) mass is 307 g/mol. The molecule has 120 valence electrons. The summed E-state index contributed by atoms with van der Waals surface area (Å²) in [6.07, 6.45) is 1.77. The van der Waals surface area contributed by atoms with Crippen molar-refractivity contribution in [3.63, 3.8) is 0 Å². The summed E-state index contributed by atoms with van der Waals surface area (Å²) in [5.74, 6) is 0.559. The van der Waals surface area contributed by atoms with E-state index in [1.807, 2.05) is 0 Å². The van der Waals surface area contributed by atoms with Crippen molar-refractivity contribution < 1.29 is 22.4 Å². The highest BCUT2D eigenvalue weighted by atomic mass is 19.4. The first kappa shape index (κ1) is 16.2. The molecule has 0 aromatic carbocycles. The van der Waals surface area contributed by atoms with Gasteiger partial charge >= 0.3 is 6.18 Å². The van der Waals surface area contributed by atoms with Gasteiger partial charge in [0.2, 0.25) is 5.89 Å². The van der Waals surface area contributed by atoms with Crippen LogP contribution < -0.4 is 5.73 Å². The van der Waals surface area contributed by atoms with Crippen molar-refractivity contribution in [1.82, 2.24) is 10.1 Å². The number of rotatable bonds is 5. The Bertz CT molecular complexity index is 440. The molecule has 1 fully saturated rings. The third-order valence-corrected chi connectivity index (χ3v) is 3.87. The van der Waals surface area contributed by atoms with Crippen LogP contribution in [-0.2, 0) is 16.8 Å². The van der Waals surface area contributed by atoms with E-state index in [0.717, 1.165) is 38.5 Å². The van der Waals surface area contributed by atoms with Crippen molar-refractivity contribution >= 4 is 0 Å². The second-order valence-corrected chi connectivity index (χ2v) is 5.52. The summed E-state index contributed by atoms with van der Waals surface area (Å²) in [7, 11) is 0. The van der Waals surface area contributed by atoms with E-state index in [2.05, 4.69) is 14.9 Å². The molecule has 0 spiro atoms. The number of alkyl halides is 3. The van der Waals surface area contributed by atoms with Crippen molar-refractivity contribution in [3.8, 4) is 0 Å². The highest BCUT2D eigenvalue weighted by Crippen LogP contribution is 2.36. The van der Waals surface area contributed by atoms with E-state index >= 15 is 0 Å². The molecule has 0 atom stereocenters. The number of nitrogens with zero attached hydrogens (tertiary/aromatic N) is 2. The minimum Gasteiger partial charge on any atom is -0.364 e. The Labute approximate surface area is 121 Å². The third-order valence-electron chi connectivity index (χ3n) is 3.87. The SMILES string of the molecule is NCC1(c2nc(COCC(F)(F)F)no2)CCCCCC1. The van der Waals surface area contributed by atoms with E-state index in [0.29, 0.717) is 12.4 Å². The first-order chi connectivity index (χ1) is 9.95. The standard InChI is InChI=1S/C13H20F3N3O2/c14-13(15,16)9-20-7-10-18-11(21-19-10)12(8-17)5-3-1-2-4-6-12/h1-9,17H2. The predicted octanol–water partition coefficient (Wildman–Crippen LogP) is 2.70. The van der Waals surface area contributed by atoms with E-state index in [1.165, 1.54) is 0 Å². The van der Waals surface area contributed by atoms with Crippen LogP contribution in [0.15, 0.2) is 4.52 Å². The van der Waals surface area contributed by atoms with Gasteiger partial charge in [0, 0.05) is 6.54 Å². The molecule has 8 heteroatoms. The van der Waals surface area contributed by atoms with Crippen LogP contribution in [0.1, 0.15) is 50.2 Å². The molecule has 1 saturated carbocycles. The minimum absolute atomic E-state index is 0.131. The first-order valence-corrected chi connectivity index (χ1v) is 7.13. The molecule has 1 heterocycles. The molecule has 5 nitrogen and oxygen atoms in total. The molecular weight excluding hydrogens is 287 g/mol. The number of nitrogens with two attached hydrogens (primary N) is 1. The molecule has 0 radical (unpaired) electrons. The van der Waals surface area contributed by atoms with Gasteiger partial charge in [-0.05, 0) is 12.8 Å². The minimum atomic E-state index is -4.35. The smallest absolute Gasteiger partial charge is 0.364 e. The van der Waals surface area contributed by atoms with Gasteiger partial charge in [-0.25, -0.2) is 0 Å². The zero-order valence-electron chi connectivity index (χ0n) is 11.8. The summed E-state index contributed by atoms with van der Waals surface area (Å²) in [4.78, 5) is 4.19. The Hall–Kier alpha value is -1.15. The molecule has 0 bridgehead atoms. The Morgan fingerprint density at radius 1 is 1.19 bits per heavy atom. The summed E-state index contributed by atoms with van der Waals surface area (Å²) < 4.78 is 45.8. The summed E-state index contributed by atoms with van der Waals surface area (Å²) in [6.45, 7) is -1.24. The lowest BCUT2D eigenvalue weighted by Gasteiger charge is -2.26. The van der Waals surface area contributed by atoms with Crippen LogP contribution in [0.25, 0.3) is 0 Å². The van der Waals surface area contributed by atoms with E-state index in [9.17, 15) is 13.2 Å². The van der Waals surface area contributed by atoms with Gasteiger partial charge in [-0.15, -0.1) is 0 Å². The summed E-state index contributed by atoms with van der Waals surface area (Å²) in [5, 5.41) is 3.70. The maximum absolute atomic E-state index is 12.0. The Morgan fingerprint density at radius 3 is 2.43 bits per heavy atom. The van der Waals surface area contributed by atoms with Gasteiger partial charge in [-0.1, -0.05) is 30.8 Å². The fourth-order valence-corrected chi connectivity index (χ4v) is 2.70. The number of aromatic nitrogens is 2. The van der Waals surface area contributed by atoms with Crippen LogP contribution in [0.4, 0.5) is 13.2 Å². The second kappa shape index (κ2) is 6.74. The number of halogens is 3. The summed E-state index contributed by atoms with van der Waals surface area (Å²) in [6, 6.07) is 0. The van der Waals surface area contributed by atoms with Gasteiger partial charge in [0.25, 0.3) is 0 Å². The number of hydrogen-bond acceptors (Lipinski definition) is 5. The lowest BCUT2D eigenvalue weighted by molar-refractivity contribution is -0.177. The maximum atomic E-state index is 12.0. The van der Waals surface area contributed by atoms with Gasteiger partial charge in [0.05, 0.1) is 5.41 Å². The molecule has 1 aromatic heterocycles. The molecule has 0 saturated heterocycles. The van der Waals surface area contributed by atoms with Crippen LogP contribution in [0, 0.1) is 0 Å². The maximum Gasteiger partial charge on any atom is 0.411 e. The average Bonchev–Trinajstić information content (AvgIpc) is 2.75. The zero-order chi connectivity index (χ0) is 15.3.